The normalized spacial score (nSPS) is 17.0. The zero-order chi connectivity index (χ0) is 42.1. The number of imidazole rings is 2. The first-order valence-electron chi connectivity index (χ1n) is 21.0. The first kappa shape index (κ1) is 40.3. The van der Waals surface area contributed by atoms with E-state index in [9.17, 15) is 4.79 Å². The van der Waals surface area contributed by atoms with E-state index < -0.39 is 11.7 Å². The van der Waals surface area contributed by atoms with Crippen molar-refractivity contribution in [3.8, 4) is 22.8 Å². The number of carbonyl (C=O) groups is 1. The molecule has 0 bridgehead atoms. The number of ether oxygens (including phenoxy) is 3. The van der Waals surface area contributed by atoms with E-state index in [0.717, 1.165) is 84.7 Å². The SMILES string of the molecule is CN(C(=O)OC(C)(C)C)c1ncc(-c2nc(N3CCOCC3)c3ncn(CC4CC4)c3n2)cn1.CNc1ncc(-c2nc(N3CCOCC3)c3ncn(CC4CC4)c3n2)cn1. The molecule has 6 aromatic rings. The van der Waals surface area contributed by atoms with Gasteiger partial charge in [-0.15, -0.1) is 0 Å². The minimum absolute atomic E-state index is 0.242. The van der Waals surface area contributed by atoms with E-state index in [1.807, 2.05) is 33.4 Å². The number of hydrogen-bond acceptors (Lipinski definition) is 17. The molecular weight excluding hydrogens is 781 g/mol. The average molecular weight is 833 g/mol. The van der Waals surface area contributed by atoms with Crippen molar-refractivity contribution in [2.75, 3.05) is 86.7 Å². The maximum atomic E-state index is 12.4. The Morgan fingerprint density at radius 1 is 0.705 bits per heavy atom. The smallest absolute Gasteiger partial charge is 0.416 e. The Balaban J connectivity index is 0.000000160. The third kappa shape index (κ3) is 9.29. The van der Waals surface area contributed by atoms with Gasteiger partial charge in [0.1, 0.15) is 5.60 Å². The van der Waals surface area contributed by atoms with E-state index in [-0.39, 0.29) is 5.95 Å². The molecule has 6 aromatic heterocycles. The van der Waals surface area contributed by atoms with Crippen LogP contribution in [0.4, 0.5) is 28.3 Å². The van der Waals surface area contributed by atoms with Crippen molar-refractivity contribution in [2.24, 2.45) is 11.8 Å². The average Bonchev–Trinajstić information content (AvgIpc) is 4.21. The second-order valence-electron chi connectivity index (χ2n) is 16.8. The predicted octanol–water partition coefficient (Wildman–Crippen LogP) is 4.47. The van der Waals surface area contributed by atoms with Gasteiger partial charge in [0.05, 0.1) is 50.2 Å². The van der Waals surface area contributed by atoms with Crippen molar-refractivity contribution >= 4 is 52.0 Å². The van der Waals surface area contributed by atoms with Crippen LogP contribution in [0.25, 0.3) is 45.1 Å². The molecule has 20 heteroatoms. The van der Waals surface area contributed by atoms with Gasteiger partial charge in [-0.3, -0.25) is 0 Å². The number of rotatable bonds is 10. The zero-order valence-electron chi connectivity index (χ0n) is 35.4. The molecule has 320 valence electrons. The molecule has 0 radical (unpaired) electrons. The summed E-state index contributed by atoms with van der Waals surface area (Å²) in [5, 5.41) is 2.93. The van der Waals surface area contributed by atoms with Crippen molar-refractivity contribution in [1.82, 2.24) is 59.0 Å². The number of morpholine rings is 2. The van der Waals surface area contributed by atoms with Crippen LogP contribution in [-0.4, -0.2) is 137 Å². The van der Waals surface area contributed by atoms with Gasteiger partial charge in [-0.1, -0.05) is 0 Å². The summed E-state index contributed by atoms with van der Waals surface area (Å²) in [6.45, 7) is 13.1. The van der Waals surface area contributed by atoms with Gasteiger partial charge in [0.2, 0.25) is 11.9 Å². The molecule has 0 aromatic carbocycles. The molecule has 8 heterocycles. The molecule has 0 unspecified atom stereocenters. The van der Waals surface area contributed by atoms with Crippen molar-refractivity contribution in [3.05, 3.63) is 37.4 Å². The molecule has 1 amide bonds. The lowest BCUT2D eigenvalue weighted by Crippen LogP contribution is -2.37. The van der Waals surface area contributed by atoms with E-state index in [2.05, 4.69) is 54.2 Å². The first-order valence-corrected chi connectivity index (χ1v) is 21.0. The van der Waals surface area contributed by atoms with Gasteiger partial charge in [-0.2, -0.15) is 0 Å². The second-order valence-corrected chi connectivity index (χ2v) is 16.8. The Kier molecular flexibility index (Phi) is 11.3. The minimum Gasteiger partial charge on any atom is -0.443 e. The summed E-state index contributed by atoms with van der Waals surface area (Å²) in [5.41, 5.74) is 4.21. The van der Waals surface area contributed by atoms with Crippen LogP contribution >= 0.6 is 0 Å². The van der Waals surface area contributed by atoms with Gasteiger partial charge in [-0.05, 0) is 58.3 Å². The fourth-order valence-electron chi connectivity index (χ4n) is 7.13. The van der Waals surface area contributed by atoms with Gasteiger partial charge in [0, 0.05) is 78.2 Å². The number of carbonyl (C=O) groups excluding carboxylic acids is 1. The Labute approximate surface area is 353 Å². The van der Waals surface area contributed by atoms with Gasteiger partial charge >= 0.3 is 6.09 Å². The molecule has 4 aliphatic rings. The fourth-order valence-corrected chi connectivity index (χ4v) is 7.13. The van der Waals surface area contributed by atoms with Crippen LogP contribution in [0.2, 0.25) is 0 Å². The maximum absolute atomic E-state index is 12.4. The molecule has 10 rings (SSSR count). The lowest BCUT2D eigenvalue weighted by molar-refractivity contribution is 0.0587. The number of aromatic nitrogens is 12. The molecule has 2 aliphatic heterocycles. The van der Waals surface area contributed by atoms with Gasteiger partial charge < -0.3 is 38.5 Å². The summed E-state index contributed by atoms with van der Waals surface area (Å²) in [5.74, 6) is 5.07. The van der Waals surface area contributed by atoms with Crippen LogP contribution < -0.4 is 20.0 Å². The monoisotopic (exact) mass is 832 g/mol. The third-order valence-electron chi connectivity index (χ3n) is 10.8. The molecule has 0 spiro atoms. The zero-order valence-corrected chi connectivity index (χ0v) is 35.4. The van der Waals surface area contributed by atoms with Crippen LogP contribution in [0.3, 0.4) is 0 Å². The van der Waals surface area contributed by atoms with E-state index in [0.29, 0.717) is 55.5 Å². The molecule has 2 saturated carbocycles. The Morgan fingerprint density at radius 2 is 1.15 bits per heavy atom. The molecule has 61 heavy (non-hydrogen) atoms. The summed E-state index contributed by atoms with van der Waals surface area (Å²) < 4.78 is 20.7. The highest BCUT2D eigenvalue weighted by Gasteiger charge is 2.28. The summed E-state index contributed by atoms with van der Waals surface area (Å²) in [4.78, 5) is 64.1. The van der Waals surface area contributed by atoms with Crippen molar-refractivity contribution in [2.45, 2.75) is 65.1 Å². The molecule has 2 aliphatic carbocycles. The van der Waals surface area contributed by atoms with Gasteiger partial charge in [0.15, 0.2) is 45.6 Å². The molecule has 2 saturated heterocycles. The highest BCUT2D eigenvalue weighted by Crippen LogP contribution is 2.35. The molecule has 20 nitrogen and oxygen atoms in total. The van der Waals surface area contributed by atoms with Crippen LogP contribution in [0, 0.1) is 11.8 Å². The van der Waals surface area contributed by atoms with E-state index in [1.165, 1.54) is 30.6 Å². The standard InChI is InChI=1S/C23H30N8O3.C18H22N8O/c1-23(2,3)34-22(32)29(4)21-24-11-16(12-25-21)18-27-19(30-7-9-33-10-8-30)17-20(28-18)31(14-26-17)13-15-5-6-15;1-19-18-20-8-13(9-21-18)15-23-16(25-4-6-27-7-5-25)14-17(24-15)26(11-22-14)10-12-2-3-12/h11-12,14-15H,5-10,13H2,1-4H3;8-9,11-12H,2-7,10H2,1H3,(H,19,20,21). The summed E-state index contributed by atoms with van der Waals surface area (Å²) in [6, 6.07) is 0. The second kappa shape index (κ2) is 17.1. The molecule has 4 fully saturated rings. The number of amides is 1. The number of fused-ring (bicyclic) bond motifs is 2. The van der Waals surface area contributed by atoms with E-state index >= 15 is 0 Å². The summed E-state index contributed by atoms with van der Waals surface area (Å²) in [6.07, 6.45) is 15.1. The molecule has 0 atom stereocenters. The number of hydrogen-bond donors (Lipinski definition) is 1. The van der Waals surface area contributed by atoms with Crippen LogP contribution in [0.15, 0.2) is 37.4 Å². The van der Waals surface area contributed by atoms with Crippen LogP contribution in [0.5, 0.6) is 0 Å². The van der Waals surface area contributed by atoms with Gasteiger partial charge in [0.25, 0.3) is 0 Å². The number of nitrogens with one attached hydrogen (secondary N) is 1. The third-order valence-corrected chi connectivity index (χ3v) is 10.8. The minimum atomic E-state index is -0.603. The fraction of sp³-hybridized carbons (Fsp3) is 0.537. The highest BCUT2D eigenvalue weighted by molar-refractivity contribution is 5.87. The Hall–Kier alpha value is -6.15. The van der Waals surface area contributed by atoms with E-state index in [1.54, 1.807) is 38.9 Å². The lowest BCUT2D eigenvalue weighted by Gasteiger charge is -2.28. The van der Waals surface area contributed by atoms with Crippen molar-refractivity contribution in [3.63, 3.8) is 0 Å². The van der Waals surface area contributed by atoms with Crippen LogP contribution in [-0.2, 0) is 27.3 Å². The largest absolute Gasteiger partial charge is 0.443 e. The quantitative estimate of drug-likeness (QED) is 0.202. The predicted molar refractivity (Wildman–Crippen MR) is 228 cm³/mol. The first-order chi connectivity index (χ1) is 29.6. The molecule has 1 N–H and O–H groups in total. The summed E-state index contributed by atoms with van der Waals surface area (Å²) >= 11 is 0. The number of nitrogens with zero attached hydrogens (tertiary/aromatic N) is 15. The van der Waals surface area contributed by atoms with Crippen molar-refractivity contribution in [1.29, 1.82) is 0 Å². The van der Waals surface area contributed by atoms with E-state index in [4.69, 9.17) is 34.1 Å². The van der Waals surface area contributed by atoms with Crippen LogP contribution in [0.1, 0.15) is 46.5 Å². The van der Waals surface area contributed by atoms with Crippen molar-refractivity contribution < 1.29 is 19.0 Å². The number of anilines is 4. The Morgan fingerprint density at radius 3 is 1.56 bits per heavy atom. The lowest BCUT2D eigenvalue weighted by atomic mass is 10.2. The maximum Gasteiger partial charge on any atom is 0.416 e. The Bertz CT molecular complexity index is 2470. The van der Waals surface area contributed by atoms with Gasteiger partial charge in [-0.25, -0.2) is 59.5 Å². The topological polar surface area (TPSA) is 205 Å². The summed E-state index contributed by atoms with van der Waals surface area (Å²) in [7, 11) is 3.38. The highest BCUT2D eigenvalue weighted by atomic mass is 16.6. The molecular formula is C41H52N16O4.